The maximum absolute atomic E-state index is 8.33. The van der Waals surface area contributed by atoms with Gasteiger partial charge in [0.05, 0.1) is 7.11 Å². The first kappa shape index (κ1) is 35.3. The van der Waals surface area contributed by atoms with Gasteiger partial charge in [0, 0.05) is 31.8 Å². The molecule has 0 aliphatic heterocycles. The number of methoxy groups -OCH3 is 1. The van der Waals surface area contributed by atoms with Crippen LogP contribution in [0.25, 0.3) is 0 Å². The average Bonchev–Trinajstić information content (AvgIpc) is 2.74. The molecule has 29 heavy (non-hydrogen) atoms. The van der Waals surface area contributed by atoms with Crippen molar-refractivity contribution in [2.75, 3.05) is 33.9 Å². The first-order valence-corrected chi connectivity index (χ1v) is 11.5. The van der Waals surface area contributed by atoms with Crippen molar-refractivity contribution in [3.8, 4) is 0 Å². The molecule has 0 saturated carbocycles. The molecule has 4 nitrogen and oxygen atoms in total. The molecule has 0 radical (unpaired) electrons. The molecule has 0 aliphatic carbocycles. The molecule has 1 atom stereocenters. The quantitative estimate of drug-likeness (QED) is 0.176. The van der Waals surface area contributed by atoms with Crippen LogP contribution in [0.1, 0.15) is 88.0 Å². The van der Waals surface area contributed by atoms with Crippen molar-refractivity contribution in [3.05, 3.63) is 24.0 Å². The van der Waals surface area contributed by atoms with E-state index in [9.17, 15) is 0 Å². The summed E-state index contributed by atoms with van der Waals surface area (Å²) >= 11 is 0. The molecule has 4 heteroatoms. The normalized spacial score (nSPS) is 12.1. The summed E-state index contributed by atoms with van der Waals surface area (Å²) in [5.41, 5.74) is 0. The Balaban J connectivity index is -0.000000235. The second-order valence-corrected chi connectivity index (χ2v) is 6.95. The van der Waals surface area contributed by atoms with Gasteiger partial charge in [-0.25, -0.2) is 0 Å². The number of ether oxygens (including phenoxy) is 1. The van der Waals surface area contributed by atoms with Crippen LogP contribution in [0.15, 0.2) is 29.0 Å². The molecule has 0 aromatic carbocycles. The van der Waals surface area contributed by atoms with E-state index in [1.54, 1.807) is 7.11 Å². The molecule has 0 heterocycles. The number of hydrogen-bond acceptors (Lipinski definition) is 4. The van der Waals surface area contributed by atoms with Crippen molar-refractivity contribution in [1.82, 2.24) is 4.90 Å². The predicted molar refractivity (Wildman–Crippen MR) is 134 cm³/mol. The van der Waals surface area contributed by atoms with E-state index in [0.717, 1.165) is 38.1 Å². The highest BCUT2D eigenvalue weighted by molar-refractivity contribution is 5.59. The molecule has 0 amide bonds. The highest BCUT2D eigenvalue weighted by atomic mass is 16.5. The van der Waals surface area contributed by atoms with E-state index in [1.807, 2.05) is 46.1 Å². The third-order valence-corrected chi connectivity index (χ3v) is 3.86. The lowest BCUT2D eigenvalue weighted by atomic mass is 10.1. The molecule has 0 spiro atoms. The smallest absolute Gasteiger partial charge is 0.114 e. The van der Waals surface area contributed by atoms with E-state index < -0.39 is 0 Å². The standard InChI is InChI=1S/C15H28N2O.C5H12O.C3H8.C2H6/c1-6-15(18-5)10-7-8-11-16-12-9-13-17(4)14(2)3;1-3-5(2)4-6;1-3-2;1-2/h6-7,10-11,14H,8-9,12-13H2,1-5H3;5-6H,3-4H2,1-2H3;3H2,1-2H3;1-2H3/b10-7+,15-6-,16-11?;;;. The Kier molecular flexibility index (Phi) is 38.4. The first-order chi connectivity index (χ1) is 13.8. The summed E-state index contributed by atoms with van der Waals surface area (Å²) in [6.07, 6.45) is 12.2. The topological polar surface area (TPSA) is 45.1 Å². The predicted octanol–water partition coefficient (Wildman–Crippen LogP) is 6.75. The van der Waals surface area contributed by atoms with E-state index in [1.165, 1.54) is 6.42 Å². The number of aliphatic hydroxyl groups excluding tert-OH is 1. The zero-order chi connectivity index (χ0) is 23.5. The fourth-order valence-electron chi connectivity index (χ4n) is 1.49. The van der Waals surface area contributed by atoms with Crippen LogP contribution in [-0.2, 0) is 4.74 Å². The Morgan fingerprint density at radius 3 is 2.03 bits per heavy atom. The van der Waals surface area contributed by atoms with Crippen LogP contribution < -0.4 is 0 Å². The van der Waals surface area contributed by atoms with Crippen LogP contribution >= 0.6 is 0 Å². The minimum absolute atomic E-state index is 0.330. The minimum atomic E-state index is 0.330. The van der Waals surface area contributed by atoms with Crippen LogP contribution in [-0.4, -0.2) is 56.1 Å². The molecule has 0 fully saturated rings. The molecule has 0 rings (SSSR count). The number of allylic oxidation sites excluding steroid dienone is 3. The summed E-state index contributed by atoms with van der Waals surface area (Å²) in [7, 11) is 3.83. The Morgan fingerprint density at radius 2 is 1.69 bits per heavy atom. The SMILES string of the molecule is C/C=C(/C=C/CC=NCCCN(C)C(C)C)OC.CC.CCC.CCC(C)CO. The van der Waals surface area contributed by atoms with E-state index in [-0.39, 0.29) is 0 Å². The van der Waals surface area contributed by atoms with Gasteiger partial charge in [0.1, 0.15) is 5.76 Å². The molecular formula is C25H54N2O2. The van der Waals surface area contributed by atoms with Gasteiger partial charge in [-0.1, -0.05) is 60.5 Å². The van der Waals surface area contributed by atoms with Crippen LogP contribution in [0.2, 0.25) is 0 Å². The molecule has 1 N–H and O–H groups in total. The monoisotopic (exact) mass is 414 g/mol. The van der Waals surface area contributed by atoms with Crippen molar-refractivity contribution >= 4 is 6.21 Å². The van der Waals surface area contributed by atoms with Gasteiger partial charge in [0.25, 0.3) is 0 Å². The second kappa shape index (κ2) is 31.6. The van der Waals surface area contributed by atoms with Crippen LogP contribution in [0.3, 0.4) is 0 Å². The summed E-state index contributed by atoms with van der Waals surface area (Å²) in [4.78, 5) is 6.73. The molecular weight excluding hydrogens is 360 g/mol. The largest absolute Gasteiger partial charge is 0.497 e. The number of aliphatic imine (C=N–C) groups is 1. The van der Waals surface area contributed by atoms with Crippen LogP contribution in [0.4, 0.5) is 0 Å². The van der Waals surface area contributed by atoms with Gasteiger partial charge in [-0.2, -0.15) is 0 Å². The lowest BCUT2D eigenvalue weighted by Gasteiger charge is -2.19. The number of nitrogens with zero attached hydrogens (tertiary/aromatic N) is 2. The Morgan fingerprint density at radius 1 is 1.14 bits per heavy atom. The van der Waals surface area contributed by atoms with Crippen molar-refractivity contribution in [2.24, 2.45) is 10.9 Å². The molecule has 1 unspecified atom stereocenters. The van der Waals surface area contributed by atoms with Gasteiger partial charge in [0.2, 0.25) is 0 Å². The third kappa shape index (κ3) is 34.7. The van der Waals surface area contributed by atoms with Crippen molar-refractivity contribution < 1.29 is 9.84 Å². The molecule has 0 aromatic heterocycles. The first-order valence-electron chi connectivity index (χ1n) is 11.5. The Bertz CT molecular complexity index is 360. The van der Waals surface area contributed by atoms with Gasteiger partial charge in [0.15, 0.2) is 0 Å². The lowest BCUT2D eigenvalue weighted by Crippen LogP contribution is -2.27. The summed E-state index contributed by atoms with van der Waals surface area (Å²) < 4.78 is 5.12. The van der Waals surface area contributed by atoms with Crippen molar-refractivity contribution in [2.45, 2.75) is 94.0 Å². The zero-order valence-corrected chi connectivity index (χ0v) is 21.7. The van der Waals surface area contributed by atoms with E-state index in [2.05, 4.69) is 57.6 Å². The minimum Gasteiger partial charge on any atom is -0.497 e. The third-order valence-electron chi connectivity index (χ3n) is 3.86. The second-order valence-electron chi connectivity index (χ2n) is 6.95. The van der Waals surface area contributed by atoms with E-state index >= 15 is 0 Å². The van der Waals surface area contributed by atoms with Gasteiger partial charge in [-0.3, -0.25) is 4.99 Å². The maximum Gasteiger partial charge on any atom is 0.114 e. The van der Waals surface area contributed by atoms with Crippen LogP contribution in [0.5, 0.6) is 0 Å². The lowest BCUT2D eigenvalue weighted by molar-refractivity contribution is 0.234. The molecule has 0 saturated heterocycles. The number of hydrogen-bond donors (Lipinski definition) is 1. The van der Waals surface area contributed by atoms with Gasteiger partial charge in [-0.15, -0.1) is 0 Å². The summed E-state index contributed by atoms with van der Waals surface area (Å²) in [6, 6.07) is 0.616. The summed E-state index contributed by atoms with van der Waals surface area (Å²) in [6.45, 7) is 21.1. The fourth-order valence-corrected chi connectivity index (χ4v) is 1.49. The van der Waals surface area contributed by atoms with Gasteiger partial charge >= 0.3 is 0 Å². The number of rotatable bonds is 11. The molecule has 0 aliphatic rings. The summed E-state index contributed by atoms with van der Waals surface area (Å²) in [5.74, 6) is 1.38. The van der Waals surface area contributed by atoms with E-state index in [4.69, 9.17) is 9.84 Å². The highest BCUT2D eigenvalue weighted by Crippen LogP contribution is 1.98. The molecule has 0 bridgehead atoms. The summed E-state index contributed by atoms with van der Waals surface area (Å²) in [5, 5.41) is 8.33. The molecule has 176 valence electrons. The van der Waals surface area contributed by atoms with Gasteiger partial charge < -0.3 is 14.7 Å². The van der Waals surface area contributed by atoms with Crippen molar-refractivity contribution in [3.63, 3.8) is 0 Å². The van der Waals surface area contributed by atoms with E-state index in [0.29, 0.717) is 18.6 Å². The Hall–Kier alpha value is -1.13. The van der Waals surface area contributed by atoms with Gasteiger partial charge in [-0.05, 0) is 58.9 Å². The molecule has 0 aromatic rings. The zero-order valence-electron chi connectivity index (χ0n) is 21.7. The number of aliphatic hydroxyl groups is 1. The fraction of sp³-hybridized carbons (Fsp3) is 0.800. The van der Waals surface area contributed by atoms with Crippen LogP contribution in [0, 0.1) is 5.92 Å². The highest BCUT2D eigenvalue weighted by Gasteiger charge is 2.00. The average molecular weight is 415 g/mol. The Labute approximate surface area is 184 Å². The maximum atomic E-state index is 8.33. The van der Waals surface area contributed by atoms with Crippen molar-refractivity contribution in [1.29, 1.82) is 0 Å².